The summed E-state index contributed by atoms with van der Waals surface area (Å²) in [5.74, 6) is -0.609. The first-order chi connectivity index (χ1) is 15.8. The number of halogens is 1. The molecule has 0 atom stereocenters. The van der Waals surface area contributed by atoms with Crippen LogP contribution < -0.4 is 10.5 Å². The van der Waals surface area contributed by atoms with Crippen molar-refractivity contribution in [1.29, 1.82) is 0 Å². The van der Waals surface area contributed by atoms with Crippen LogP contribution in [0.5, 0.6) is 0 Å². The molecule has 4 rings (SSSR count). The lowest BCUT2D eigenvalue weighted by Crippen LogP contribution is -2.15. The molecule has 166 valence electrons. The summed E-state index contributed by atoms with van der Waals surface area (Å²) in [6.45, 7) is 0. The lowest BCUT2D eigenvalue weighted by Gasteiger charge is -2.12. The van der Waals surface area contributed by atoms with Crippen LogP contribution in [0.25, 0.3) is 11.1 Å². The molecule has 0 saturated heterocycles. The third kappa shape index (κ3) is 5.19. The first-order valence-corrected chi connectivity index (χ1v) is 11.8. The van der Waals surface area contributed by atoms with Crippen molar-refractivity contribution in [2.45, 2.75) is 11.3 Å². The van der Waals surface area contributed by atoms with Crippen molar-refractivity contribution in [1.82, 2.24) is 9.97 Å². The van der Waals surface area contributed by atoms with Gasteiger partial charge in [-0.25, -0.2) is 13.4 Å². The van der Waals surface area contributed by atoms with E-state index in [4.69, 9.17) is 17.3 Å². The molecule has 0 aliphatic rings. The number of aromatic nitrogens is 2. The van der Waals surface area contributed by atoms with Gasteiger partial charge in [0.1, 0.15) is 0 Å². The number of nitrogens with two attached hydrogens (primary N) is 1. The number of pyridine rings is 2. The Bertz CT molecular complexity index is 1410. The second-order valence-electron chi connectivity index (χ2n) is 7.23. The molecule has 0 spiro atoms. The molecule has 9 heteroatoms. The van der Waals surface area contributed by atoms with Crippen molar-refractivity contribution in [2.75, 3.05) is 4.72 Å². The van der Waals surface area contributed by atoms with Crippen LogP contribution in [0.2, 0.25) is 5.15 Å². The molecular formula is C24H19ClN4O3S. The van der Waals surface area contributed by atoms with Crippen molar-refractivity contribution >= 4 is 33.2 Å². The topological polar surface area (TPSA) is 115 Å². The molecule has 0 aliphatic heterocycles. The minimum atomic E-state index is -3.86. The second-order valence-corrected chi connectivity index (χ2v) is 9.27. The minimum Gasteiger partial charge on any atom is -0.366 e. The Balaban J connectivity index is 1.68. The Kier molecular flexibility index (Phi) is 6.39. The summed E-state index contributed by atoms with van der Waals surface area (Å²) in [4.78, 5) is 20.7. The highest BCUT2D eigenvalue weighted by Gasteiger charge is 2.18. The summed E-state index contributed by atoms with van der Waals surface area (Å²) < 4.78 is 27.8. The summed E-state index contributed by atoms with van der Waals surface area (Å²) in [5, 5.41) is -0.0120. The number of hydrogen-bond donors (Lipinski definition) is 2. The van der Waals surface area contributed by atoms with Crippen LogP contribution >= 0.6 is 11.6 Å². The largest absolute Gasteiger partial charge is 0.366 e. The SMILES string of the molecule is NC(=O)c1cc(-c2cnc(Cl)c(NS(=O)(=O)c3ccccc3)c2)cnc1Cc1ccccc1. The number of benzene rings is 2. The fraction of sp³-hybridized carbons (Fsp3) is 0.0417. The monoisotopic (exact) mass is 478 g/mol. The third-order valence-electron chi connectivity index (χ3n) is 4.92. The number of carbonyl (C=O) groups is 1. The molecule has 0 aliphatic carbocycles. The maximum atomic E-state index is 12.7. The number of sulfonamides is 1. The molecule has 2 aromatic heterocycles. The average Bonchev–Trinajstić information content (AvgIpc) is 2.82. The van der Waals surface area contributed by atoms with E-state index in [1.165, 1.54) is 24.4 Å². The summed E-state index contributed by atoms with van der Waals surface area (Å²) in [6, 6.07) is 20.7. The van der Waals surface area contributed by atoms with Crippen LogP contribution in [0, 0.1) is 0 Å². The van der Waals surface area contributed by atoms with Gasteiger partial charge in [-0.05, 0) is 29.8 Å². The van der Waals surface area contributed by atoms with Gasteiger partial charge >= 0.3 is 0 Å². The molecule has 0 radical (unpaired) electrons. The fourth-order valence-corrected chi connectivity index (χ4v) is 4.56. The van der Waals surface area contributed by atoms with Gasteiger partial charge in [-0.1, -0.05) is 60.1 Å². The van der Waals surface area contributed by atoms with Crippen LogP contribution in [-0.2, 0) is 16.4 Å². The number of carbonyl (C=O) groups excluding carboxylic acids is 1. The molecule has 0 fully saturated rings. The minimum absolute atomic E-state index is 0.0120. The number of primary amides is 1. The van der Waals surface area contributed by atoms with Crippen LogP contribution in [0.15, 0.2) is 90.1 Å². The highest BCUT2D eigenvalue weighted by molar-refractivity contribution is 7.92. The zero-order chi connectivity index (χ0) is 23.4. The Morgan fingerprint density at radius 3 is 2.18 bits per heavy atom. The van der Waals surface area contributed by atoms with Crippen molar-refractivity contribution in [2.24, 2.45) is 5.73 Å². The molecule has 1 amide bonds. The van der Waals surface area contributed by atoms with E-state index in [0.717, 1.165) is 5.56 Å². The molecule has 2 aromatic carbocycles. The first kappa shape index (κ1) is 22.4. The summed E-state index contributed by atoms with van der Waals surface area (Å²) in [6.07, 6.45) is 3.51. The Labute approximate surface area is 196 Å². The van der Waals surface area contributed by atoms with Gasteiger partial charge in [-0.2, -0.15) is 0 Å². The van der Waals surface area contributed by atoms with Gasteiger partial charge in [0.2, 0.25) is 0 Å². The number of amides is 1. The van der Waals surface area contributed by atoms with Crippen molar-refractivity contribution in [3.63, 3.8) is 0 Å². The van der Waals surface area contributed by atoms with Crippen LogP contribution in [0.1, 0.15) is 21.6 Å². The van der Waals surface area contributed by atoms with Crippen molar-refractivity contribution < 1.29 is 13.2 Å². The predicted molar refractivity (Wildman–Crippen MR) is 127 cm³/mol. The summed E-state index contributed by atoms with van der Waals surface area (Å²) >= 11 is 6.15. The van der Waals surface area contributed by atoms with E-state index in [9.17, 15) is 13.2 Å². The van der Waals surface area contributed by atoms with Crippen LogP contribution in [0.3, 0.4) is 0 Å². The molecular weight excluding hydrogens is 460 g/mol. The fourth-order valence-electron chi connectivity index (χ4n) is 3.28. The maximum Gasteiger partial charge on any atom is 0.261 e. The van der Waals surface area contributed by atoms with Gasteiger partial charge in [0.15, 0.2) is 5.15 Å². The lowest BCUT2D eigenvalue weighted by atomic mass is 10.0. The lowest BCUT2D eigenvalue weighted by molar-refractivity contribution is 0.0999. The van der Waals surface area contributed by atoms with E-state index in [1.54, 1.807) is 30.5 Å². The second kappa shape index (κ2) is 9.40. The summed E-state index contributed by atoms with van der Waals surface area (Å²) in [7, 11) is -3.86. The normalized spacial score (nSPS) is 11.2. The Morgan fingerprint density at radius 2 is 1.52 bits per heavy atom. The van der Waals surface area contributed by atoms with E-state index in [1.807, 2.05) is 30.3 Å². The summed E-state index contributed by atoms with van der Waals surface area (Å²) in [5.41, 5.74) is 8.59. The van der Waals surface area contributed by atoms with E-state index >= 15 is 0 Å². The molecule has 0 unspecified atom stereocenters. The highest BCUT2D eigenvalue weighted by Crippen LogP contribution is 2.29. The maximum absolute atomic E-state index is 12.7. The van der Waals surface area contributed by atoms with Gasteiger partial charge in [-0.15, -0.1) is 0 Å². The Hall–Kier alpha value is -3.75. The molecule has 0 bridgehead atoms. The molecule has 4 aromatic rings. The smallest absolute Gasteiger partial charge is 0.261 e. The van der Waals surface area contributed by atoms with E-state index in [2.05, 4.69) is 14.7 Å². The van der Waals surface area contributed by atoms with Crippen molar-refractivity contribution in [3.8, 4) is 11.1 Å². The van der Waals surface area contributed by atoms with Crippen LogP contribution in [0.4, 0.5) is 5.69 Å². The first-order valence-electron chi connectivity index (χ1n) is 9.90. The number of anilines is 1. The Morgan fingerprint density at radius 1 is 0.909 bits per heavy atom. The van der Waals surface area contributed by atoms with Gasteiger partial charge < -0.3 is 5.73 Å². The predicted octanol–water partition coefficient (Wildman–Crippen LogP) is 4.29. The standard InChI is InChI=1S/C24H19ClN4O3S/c25-23-22(29-33(31,32)19-9-5-2-6-10-19)13-18(15-28-23)17-12-20(24(26)30)21(27-14-17)11-16-7-3-1-4-8-16/h1-10,12-15,29H,11H2,(H2,26,30). The number of hydrogen-bond acceptors (Lipinski definition) is 5. The van der Waals surface area contributed by atoms with Gasteiger partial charge in [0.05, 0.1) is 21.8 Å². The van der Waals surface area contributed by atoms with Gasteiger partial charge in [0.25, 0.3) is 15.9 Å². The van der Waals surface area contributed by atoms with Gasteiger partial charge in [0, 0.05) is 29.9 Å². The number of nitrogens with zero attached hydrogens (tertiary/aromatic N) is 2. The van der Waals surface area contributed by atoms with Crippen molar-refractivity contribution in [3.05, 3.63) is 107 Å². The number of rotatable bonds is 7. The van der Waals surface area contributed by atoms with E-state index < -0.39 is 15.9 Å². The molecule has 7 nitrogen and oxygen atoms in total. The number of nitrogens with one attached hydrogen (secondary N) is 1. The molecule has 0 saturated carbocycles. The van der Waals surface area contributed by atoms with Crippen LogP contribution in [-0.4, -0.2) is 24.3 Å². The zero-order valence-electron chi connectivity index (χ0n) is 17.3. The van der Waals surface area contributed by atoms with E-state index in [-0.39, 0.29) is 21.3 Å². The molecule has 33 heavy (non-hydrogen) atoms. The highest BCUT2D eigenvalue weighted by atomic mass is 35.5. The molecule has 3 N–H and O–H groups in total. The zero-order valence-corrected chi connectivity index (χ0v) is 18.8. The van der Waals surface area contributed by atoms with E-state index in [0.29, 0.717) is 23.2 Å². The van der Waals surface area contributed by atoms with Gasteiger partial charge in [-0.3, -0.25) is 14.5 Å². The third-order valence-corrected chi connectivity index (χ3v) is 6.60. The average molecular weight is 479 g/mol. The molecule has 2 heterocycles. The quantitative estimate of drug-likeness (QED) is 0.384.